The summed E-state index contributed by atoms with van der Waals surface area (Å²) in [6, 6.07) is 7.01. The van der Waals surface area contributed by atoms with Gasteiger partial charge in [-0.3, -0.25) is 4.79 Å². The zero-order chi connectivity index (χ0) is 12.0. The molecule has 0 aliphatic rings. The summed E-state index contributed by atoms with van der Waals surface area (Å²) < 4.78 is 0. The fourth-order valence-electron chi connectivity index (χ4n) is 1.47. The predicted octanol–water partition coefficient (Wildman–Crippen LogP) is 1.16. The number of rotatable bonds is 5. The molecule has 88 valence electrons. The van der Waals surface area contributed by atoms with Crippen LogP contribution < -0.4 is 11.1 Å². The number of hydrogen-bond acceptors (Lipinski definition) is 3. The quantitative estimate of drug-likeness (QED) is 0.654. The molecular weight excluding hydrogens is 204 g/mol. The van der Waals surface area contributed by atoms with E-state index in [-0.39, 0.29) is 18.6 Å². The van der Waals surface area contributed by atoms with E-state index in [4.69, 9.17) is 10.8 Å². The minimum Gasteiger partial charge on any atom is -0.398 e. The fourth-order valence-corrected chi connectivity index (χ4v) is 1.47. The first-order valence-corrected chi connectivity index (χ1v) is 5.41. The summed E-state index contributed by atoms with van der Waals surface area (Å²) in [5.41, 5.74) is 6.68. The highest BCUT2D eigenvalue weighted by Gasteiger charge is 2.11. The van der Waals surface area contributed by atoms with Crippen LogP contribution in [0.1, 0.15) is 30.1 Å². The highest BCUT2D eigenvalue weighted by atomic mass is 16.2. The molecule has 1 unspecified atom stereocenters. The van der Waals surface area contributed by atoms with Gasteiger partial charge in [-0.2, -0.15) is 0 Å². The van der Waals surface area contributed by atoms with Crippen LogP contribution in [0.15, 0.2) is 24.3 Å². The number of aliphatic hydroxyl groups excluding tert-OH is 1. The second kappa shape index (κ2) is 6.12. The number of carbonyl (C=O) groups is 1. The number of nitrogen functional groups attached to an aromatic ring is 1. The minimum absolute atomic E-state index is 0.0410. The zero-order valence-corrected chi connectivity index (χ0v) is 9.44. The zero-order valence-electron chi connectivity index (χ0n) is 9.44. The molecule has 1 aromatic carbocycles. The first kappa shape index (κ1) is 12.5. The van der Waals surface area contributed by atoms with E-state index in [1.54, 1.807) is 24.3 Å². The Morgan fingerprint density at radius 2 is 2.19 bits per heavy atom. The molecule has 4 heteroatoms. The fraction of sp³-hybridized carbons (Fsp3) is 0.417. The van der Waals surface area contributed by atoms with Gasteiger partial charge >= 0.3 is 0 Å². The van der Waals surface area contributed by atoms with Crippen molar-refractivity contribution in [3.8, 4) is 0 Å². The molecule has 4 N–H and O–H groups in total. The molecule has 0 aromatic heterocycles. The molecule has 1 atom stereocenters. The lowest BCUT2D eigenvalue weighted by Crippen LogP contribution is -2.33. The number of aliphatic hydroxyl groups is 1. The van der Waals surface area contributed by atoms with Gasteiger partial charge in [0.2, 0.25) is 0 Å². The Labute approximate surface area is 95.5 Å². The molecule has 0 spiro atoms. The van der Waals surface area contributed by atoms with Crippen LogP contribution >= 0.6 is 0 Å². The van der Waals surface area contributed by atoms with Gasteiger partial charge < -0.3 is 16.2 Å². The maximum Gasteiger partial charge on any atom is 0.253 e. The van der Waals surface area contributed by atoms with Crippen LogP contribution in [0.2, 0.25) is 0 Å². The Morgan fingerprint density at radius 3 is 2.81 bits per heavy atom. The van der Waals surface area contributed by atoms with Gasteiger partial charge in [0.15, 0.2) is 0 Å². The number of nitrogens with two attached hydrogens (primary N) is 1. The van der Waals surface area contributed by atoms with Crippen LogP contribution in [0, 0.1) is 0 Å². The van der Waals surface area contributed by atoms with E-state index >= 15 is 0 Å². The van der Waals surface area contributed by atoms with Gasteiger partial charge in [-0.05, 0) is 31.9 Å². The van der Waals surface area contributed by atoms with Crippen molar-refractivity contribution >= 4 is 11.6 Å². The van der Waals surface area contributed by atoms with Gasteiger partial charge in [0.25, 0.3) is 5.91 Å². The number of nitrogens with one attached hydrogen (secondary N) is 1. The summed E-state index contributed by atoms with van der Waals surface area (Å²) in [5, 5.41) is 11.5. The van der Waals surface area contributed by atoms with Crippen LogP contribution in [0.25, 0.3) is 0 Å². The second-order valence-electron chi connectivity index (χ2n) is 3.83. The average Bonchev–Trinajstić information content (AvgIpc) is 2.26. The van der Waals surface area contributed by atoms with Gasteiger partial charge in [-0.25, -0.2) is 0 Å². The smallest absolute Gasteiger partial charge is 0.253 e. The number of para-hydroxylation sites is 1. The highest BCUT2D eigenvalue weighted by molar-refractivity contribution is 5.99. The van der Waals surface area contributed by atoms with Gasteiger partial charge in [-0.15, -0.1) is 0 Å². The third-order valence-electron chi connectivity index (χ3n) is 2.38. The normalized spacial score (nSPS) is 12.1. The molecule has 0 bridgehead atoms. The largest absolute Gasteiger partial charge is 0.398 e. The maximum absolute atomic E-state index is 11.8. The molecule has 0 fully saturated rings. The van der Waals surface area contributed by atoms with Crippen molar-refractivity contribution in [2.24, 2.45) is 0 Å². The summed E-state index contributed by atoms with van der Waals surface area (Å²) in [6.07, 6.45) is 1.45. The second-order valence-corrected chi connectivity index (χ2v) is 3.83. The third-order valence-corrected chi connectivity index (χ3v) is 2.38. The molecule has 0 saturated heterocycles. The Hall–Kier alpha value is -1.55. The van der Waals surface area contributed by atoms with Crippen LogP contribution in [0.5, 0.6) is 0 Å². The molecule has 0 saturated carbocycles. The van der Waals surface area contributed by atoms with Crippen LogP contribution in [0.4, 0.5) is 5.69 Å². The molecule has 16 heavy (non-hydrogen) atoms. The molecule has 0 heterocycles. The molecule has 0 aliphatic heterocycles. The summed E-state index contributed by atoms with van der Waals surface area (Å²) in [7, 11) is 0. The number of anilines is 1. The Kier molecular flexibility index (Phi) is 4.79. The number of benzene rings is 1. The van der Waals surface area contributed by atoms with Crippen molar-refractivity contribution in [3.05, 3.63) is 29.8 Å². The first-order chi connectivity index (χ1) is 7.65. The first-order valence-electron chi connectivity index (χ1n) is 5.41. The van der Waals surface area contributed by atoms with Gasteiger partial charge in [-0.1, -0.05) is 12.1 Å². The van der Waals surface area contributed by atoms with Crippen molar-refractivity contribution in [3.63, 3.8) is 0 Å². The van der Waals surface area contributed by atoms with Crippen molar-refractivity contribution < 1.29 is 9.90 Å². The SMILES string of the molecule is CC(CCCO)NC(=O)c1ccccc1N. The Morgan fingerprint density at radius 1 is 1.50 bits per heavy atom. The van der Waals surface area contributed by atoms with Gasteiger partial charge in [0, 0.05) is 18.3 Å². The van der Waals surface area contributed by atoms with Crippen molar-refractivity contribution in [1.82, 2.24) is 5.32 Å². The van der Waals surface area contributed by atoms with E-state index in [2.05, 4.69) is 5.32 Å². The van der Waals surface area contributed by atoms with Crippen molar-refractivity contribution in [2.75, 3.05) is 12.3 Å². The van der Waals surface area contributed by atoms with E-state index in [9.17, 15) is 4.79 Å². The highest BCUT2D eigenvalue weighted by Crippen LogP contribution is 2.10. The van der Waals surface area contributed by atoms with E-state index in [1.807, 2.05) is 6.92 Å². The molecule has 1 aromatic rings. The predicted molar refractivity (Wildman–Crippen MR) is 64.1 cm³/mol. The van der Waals surface area contributed by atoms with Crippen molar-refractivity contribution in [2.45, 2.75) is 25.8 Å². The molecule has 4 nitrogen and oxygen atoms in total. The van der Waals surface area contributed by atoms with E-state index in [0.29, 0.717) is 17.7 Å². The average molecular weight is 222 g/mol. The third kappa shape index (κ3) is 3.55. The summed E-state index contributed by atoms with van der Waals surface area (Å²) in [6.45, 7) is 2.06. The van der Waals surface area contributed by atoms with E-state index < -0.39 is 0 Å². The summed E-state index contributed by atoms with van der Waals surface area (Å²) in [5.74, 6) is -0.163. The molecule has 1 amide bonds. The van der Waals surface area contributed by atoms with Crippen LogP contribution in [0.3, 0.4) is 0 Å². The molecular formula is C12H18N2O2. The minimum atomic E-state index is -0.163. The van der Waals surface area contributed by atoms with Gasteiger partial charge in [0.1, 0.15) is 0 Å². The lowest BCUT2D eigenvalue weighted by atomic mass is 10.1. The topological polar surface area (TPSA) is 75.3 Å². The lowest BCUT2D eigenvalue weighted by molar-refractivity contribution is 0.0937. The Balaban J connectivity index is 2.56. The lowest BCUT2D eigenvalue weighted by Gasteiger charge is -2.13. The summed E-state index contributed by atoms with van der Waals surface area (Å²) in [4.78, 5) is 11.8. The van der Waals surface area contributed by atoms with E-state index in [0.717, 1.165) is 6.42 Å². The van der Waals surface area contributed by atoms with Crippen LogP contribution in [-0.2, 0) is 0 Å². The number of carbonyl (C=O) groups excluding carboxylic acids is 1. The number of hydrogen-bond donors (Lipinski definition) is 3. The summed E-state index contributed by atoms with van der Waals surface area (Å²) >= 11 is 0. The van der Waals surface area contributed by atoms with Crippen LogP contribution in [-0.4, -0.2) is 23.7 Å². The molecule has 1 rings (SSSR count). The van der Waals surface area contributed by atoms with Crippen molar-refractivity contribution in [1.29, 1.82) is 0 Å². The standard InChI is InChI=1S/C12H18N2O2/c1-9(5-4-8-15)14-12(16)10-6-2-3-7-11(10)13/h2-3,6-7,9,15H,4-5,8,13H2,1H3,(H,14,16). The van der Waals surface area contributed by atoms with Gasteiger partial charge in [0.05, 0.1) is 5.56 Å². The number of amides is 1. The maximum atomic E-state index is 11.8. The monoisotopic (exact) mass is 222 g/mol. The molecule has 0 aliphatic carbocycles. The Bertz CT molecular complexity index is 353. The van der Waals surface area contributed by atoms with E-state index in [1.165, 1.54) is 0 Å². The molecule has 0 radical (unpaired) electrons.